The van der Waals surface area contributed by atoms with Crippen molar-refractivity contribution in [2.45, 2.75) is 51.7 Å². The largest absolute Gasteiger partial charge is 0.497 e. The minimum absolute atomic E-state index is 0.141. The molecule has 5 rings (SSSR count). The van der Waals surface area contributed by atoms with E-state index < -0.39 is 17.0 Å². The molecule has 6 heteroatoms. The molecule has 2 aromatic carbocycles. The Hall–Kier alpha value is -3.38. The second kappa shape index (κ2) is 8.93. The third kappa shape index (κ3) is 3.94. The molecule has 6 nitrogen and oxygen atoms in total. The average Bonchev–Trinajstić information content (AvgIpc) is 3.07. The molecule has 3 heterocycles. The van der Waals surface area contributed by atoms with Gasteiger partial charge in [0.1, 0.15) is 11.4 Å². The molecule has 188 valence electrons. The van der Waals surface area contributed by atoms with Crippen molar-refractivity contribution in [2.75, 3.05) is 26.7 Å². The highest BCUT2D eigenvalue weighted by molar-refractivity contribution is 6.19. The van der Waals surface area contributed by atoms with Crippen LogP contribution in [-0.4, -0.2) is 53.6 Å². The molecule has 0 spiro atoms. The summed E-state index contributed by atoms with van der Waals surface area (Å²) in [5, 5.41) is 1.09. The SMILES string of the molecule is C/C=C1\CN2CCc3c(n(Cc4ccc(OC)cc4)c4ccccc34)C(C(=O)OC(C)(C)C)(C2)C1=O. The Kier molecular flexibility index (Phi) is 6.03. The predicted molar refractivity (Wildman–Crippen MR) is 140 cm³/mol. The summed E-state index contributed by atoms with van der Waals surface area (Å²) >= 11 is 0. The lowest BCUT2D eigenvalue weighted by Crippen LogP contribution is -2.59. The van der Waals surface area contributed by atoms with Gasteiger partial charge < -0.3 is 14.0 Å². The highest BCUT2D eigenvalue weighted by Gasteiger charge is 2.58. The lowest BCUT2D eigenvalue weighted by Gasteiger charge is -2.41. The van der Waals surface area contributed by atoms with E-state index in [2.05, 4.69) is 21.6 Å². The van der Waals surface area contributed by atoms with Gasteiger partial charge in [0.05, 0.1) is 7.11 Å². The Morgan fingerprint density at radius 2 is 1.83 bits per heavy atom. The zero-order valence-corrected chi connectivity index (χ0v) is 21.8. The Labute approximate surface area is 212 Å². The zero-order chi connectivity index (χ0) is 25.7. The van der Waals surface area contributed by atoms with Crippen LogP contribution in [0, 0.1) is 0 Å². The predicted octanol–water partition coefficient (Wildman–Crippen LogP) is 4.66. The molecule has 36 heavy (non-hydrogen) atoms. The van der Waals surface area contributed by atoms with E-state index in [4.69, 9.17) is 9.47 Å². The van der Waals surface area contributed by atoms with Gasteiger partial charge in [-0.25, -0.2) is 0 Å². The van der Waals surface area contributed by atoms with Crippen LogP contribution >= 0.6 is 0 Å². The molecule has 0 aliphatic carbocycles. The lowest BCUT2D eigenvalue weighted by molar-refractivity contribution is -0.166. The van der Waals surface area contributed by atoms with Crippen LogP contribution in [0.2, 0.25) is 0 Å². The summed E-state index contributed by atoms with van der Waals surface area (Å²) in [4.78, 5) is 30.7. The van der Waals surface area contributed by atoms with Gasteiger partial charge >= 0.3 is 5.97 Å². The maximum Gasteiger partial charge on any atom is 0.327 e. The van der Waals surface area contributed by atoms with Gasteiger partial charge in [-0.1, -0.05) is 36.4 Å². The Morgan fingerprint density at radius 3 is 2.50 bits per heavy atom. The summed E-state index contributed by atoms with van der Waals surface area (Å²) in [5.41, 5.74) is 2.46. The number of carbonyl (C=O) groups is 2. The Bertz CT molecular complexity index is 1360. The van der Waals surface area contributed by atoms with Crippen molar-refractivity contribution >= 4 is 22.7 Å². The number of rotatable bonds is 4. The fraction of sp³-hybridized carbons (Fsp3) is 0.400. The number of benzene rings is 2. The third-order valence-corrected chi connectivity index (χ3v) is 7.29. The number of Topliss-reactive ketones (excluding diaryl/α,β-unsaturated/α-hetero) is 1. The molecule has 1 aromatic heterocycles. The molecule has 2 atom stereocenters. The van der Waals surface area contributed by atoms with E-state index in [9.17, 15) is 9.59 Å². The van der Waals surface area contributed by atoms with Gasteiger partial charge in [-0.05, 0) is 63.4 Å². The van der Waals surface area contributed by atoms with E-state index in [0.29, 0.717) is 25.2 Å². The molecule has 2 aliphatic rings. The standard InChI is InChI=1S/C30H34N2O4/c1-6-21-18-31-16-15-24-23-9-7-8-10-25(23)32(17-20-11-13-22(35-5)14-12-20)26(24)30(19-31,27(21)33)28(34)36-29(2,3)4/h6-14H,15-19H2,1-5H3/b21-6+. The van der Waals surface area contributed by atoms with Crippen molar-refractivity contribution < 1.29 is 19.1 Å². The number of carbonyl (C=O) groups excluding carboxylic acids is 2. The number of hydrogen-bond acceptors (Lipinski definition) is 5. The summed E-state index contributed by atoms with van der Waals surface area (Å²) in [5.74, 6) is 0.180. The first-order valence-corrected chi connectivity index (χ1v) is 12.6. The van der Waals surface area contributed by atoms with Crippen molar-refractivity contribution in [3.63, 3.8) is 0 Å². The minimum atomic E-state index is -1.43. The molecule has 3 aromatic rings. The first-order chi connectivity index (χ1) is 17.2. The van der Waals surface area contributed by atoms with Crippen LogP contribution in [0.4, 0.5) is 0 Å². The Balaban J connectivity index is 1.80. The summed E-state index contributed by atoms with van der Waals surface area (Å²) < 4.78 is 13.5. The smallest absolute Gasteiger partial charge is 0.327 e. The molecule has 1 fully saturated rings. The maximum atomic E-state index is 14.3. The van der Waals surface area contributed by atoms with Crippen LogP contribution in [-0.2, 0) is 32.7 Å². The van der Waals surface area contributed by atoms with E-state index in [1.165, 1.54) is 0 Å². The van der Waals surface area contributed by atoms with Crippen molar-refractivity contribution in [3.05, 3.63) is 77.0 Å². The van der Waals surface area contributed by atoms with Gasteiger partial charge in [0.15, 0.2) is 11.2 Å². The fourth-order valence-corrected chi connectivity index (χ4v) is 5.70. The number of ether oxygens (including phenoxy) is 2. The van der Waals surface area contributed by atoms with Crippen LogP contribution in [0.15, 0.2) is 60.2 Å². The quantitative estimate of drug-likeness (QED) is 0.305. The number of para-hydroxylation sites is 1. The van der Waals surface area contributed by atoms with Gasteiger partial charge in [0.25, 0.3) is 0 Å². The van der Waals surface area contributed by atoms with Crippen LogP contribution in [0.1, 0.15) is 44.5 Å². The first kappa shape index (κ1) is 24.3. The van der Waals surface area contributed by atoms with E-state index in [1.54, 1.807) is 7.11 Å². The Morgan fingerprint density at radius 1 is 1.11 bits per heavy atom. The van der Waals surface area contributed by atoms with E-state index >= 15 is 0 Å². The second-order valence-corrected chi connectivity index (χ2v) is 10.8. The maximum absolute atomic E-state index is 14.3. The number of ketones is 1. The monoisotopic (exact) mass is 486 g/mol. The van der Waals surface area contributed by atoms with Crippen LogP contribution < -0.4 is 4.74 Å². The topological polar surface area (TPSA) is 60.8 Å². The molecule has 0 N–H and O–H groups in total. The number of nitrogens with zero attached hydrogens (tertiary/aromatic N) is 2. The normalized spacial score (nSPS) is 22.9. The number of allylic oxidation sites excluding steroid dienone is 1. The molecule has 2 aliphatic heterocycles. The summed E-state index contributed by atoms with van der Waals surface area (Å²) in [6.45, 7) is 9.63. The van der Waals surface area contributed by atoms with E-state index in [1.807, 2.05) is 70.2 Å². The molecule has 0 saturated carbocycles. The molecule has 2 bridgehead atoms. The van der Waals surface area contributed by atoms with Gasteiger partial charge in [0, 0.05) is 48.3 Å². The molecule has 1 saturated heterocycles. The van der Waals surface area contributed by atoms with Crippen LogP contribution in [0.25, 0.3) is 10.9 Å². The number of piperidine rings is 1. The first-order valence-electron chi connectivity index (χ1n) is 12.6. The minimum Gasteiger partial charge on any atom is -0.497 e. The van der Waals surface area contributed by atoms with Crippen molar-refractivity contribution in [2.24, 2.45) is 0 Å². The van der Waals surface area contributed by atoms with Crippen molar-refractivity contribution in [1.82, 2.24) is 9.47 Å². The van der Waals surface area contributed by atoms with Gasteiger partial charge in [-0.2, -0.15) is 0 Å². The molecular formula is C30H34N2O4. The third-order valence-electron chi connectivity index (χ3n) is 7.29. The number of aromatic nitrogens is 1. The van der Waals surface area contributed by atoms with Gasteiger partial charge in [-0.3, -0.25) is 14.5 Å². The fourth-order valence-electron chi connectivity index (χ4n) is 5.70. The van der Waals surface area contributed by atoms with E-state index in [-0.39, 0.29) is 5.78 Å². The van der Waals surface area contributed by atoms with Gasteiger partial charge in [0.2, 0.25) is 0 Å². The average molecular weight is 487 g/mol. The number of fused-ring (bicyclic) bond motifs is 6. The lowest BCUT2D eigenvalue weighted by atomic mass is 9.73. The van der Waals surface area contributed by atoms with Crippen molar-refractivity contribution in [1.29, 1.82) is 0 Å². The number of hydrogen-bond donors (Lipinski definition) is 0. The summed E-state index contributed by atoms with van der Waals surface area (Å²) in [6, 6.07) is 16.2. The molecule has 0 amide bonds. The van der Waals surface area contributed by atoms with Gasteiger partial charge in [-0.15, -0.1) is 0 Å². The zero-order valence-electron chi connectivity index (χ0n) is 21.8. The van der Waals surface area contributed by atoms with E-state index in [0.717, 1.165) is 46.4 Å². The summed E-state index contributed by atoms with van der Waals surface area (Å²) in [7, 11) is 1.65. The van der Waals surface area contributed by atoms with Crippen molar-refractivity contribution in [3.8, 4) is 5.75 Å². The van der Waals surface area contributed by atoms with Crippen LogP contribution in [0.5, 0.6) is 5.75 Å². The van der Waals surface area contributed by atoms with Crippen LogP contribution in [0.3, 0.4) is 0 Å². The molecule has 2 unspecified atom stereocenters. The number of methoxy groups -OCH3 is 1. The number of esters is 1. The molecular weight excluding hydrogens is 452 g/mol. The highest BCUT2D eigenvalue weighted by atomic mass is 16.6. The summed E-state index contributed by atoms with van der Waals surface area (Å²) in [6.07, 6.45) is 2.62. The highest BCUT2D eigenvalue weighted by Crippen LogP contribution is 2.44. The second-order valence-electron chi connectivity index (χ2n) is 10.8. The molecule has 0 radical (unpaired) electrons.